The third-order valence-corrected chi connectivity index (χ3v) is 6.37. The molecule has 1 saturated heterocycles. The standard InChI is InChI=1S/C26H32N4/c1-18(22-8-9-25-19(2)27-10-6-7-23(25)15-22)26-16-24(17-28-20(26)3)21(4)30-13-11-29(5)12-14-30/h8-9,15-17,27H,1-2,4,6-7,10-14H2,3,5H3. The van der Waals surface area contributed by atoms with E-state index in [9.17, 15) is 0 Å². The van der Waals surface area contributed by atoms with Gasteiger partial charge in [-0.1, -0.05) is 37.9 Å². The number of aryl methyl sites for hydroxylation is 2. The van der Waals surface area contributed by atoms with E-state index in [4.69, 9.17) is 0 Å². The highest BCUT2D eigenvalue weighted by atomic mass is 15.2. The molecule has 1 aromatic carbocycles. The topological polar surface area (TPSA) is 31.4 Å². The molecule has 1 aromatic heterocycles. The summed E-state index contributed by atoms with van der Waals surface area (Å²) in [6, 6.07) is 8.81. The van der Waals surface area contributed by atoms with Crippen molar-refractivity contribution < 1.29 is 0 Å². The van der Waals surface area contributed by atoms with Crippen LogP contribution in [-0.4, -0.2) is 54.6 Å². The van der Waals surface area contributed by atoms with Gasteiger partial charge in [0.2, 0.25) is 0 Å². The number of pyridine rings is 1. The van der Waals surface area contributed by atoms with E-state index < -0.39 is 0 Å². The molecule has 156 valence electrons. The highest BCUT2D eigenvalue weighted by molar-refractivity contribution is 5.82. The smallest absolute Gasteiger partial charge is 0.0451 e. The van der Waals surface area contributed by atoms with Crippen LogP contribution in [-0.2, 0) is 6.42 Å². The van der Waals surface area contributed by atoms with Gasteiger partial charge in [-0.15, -0.1) is 0 Å². The predicted molar refractivity (Wildman–Crippen MR) is 127 cm³/mol. The van der Waals surface area contributed by atoms with Gasteiger partial charge in [0, 0.05) is 72.7 Å². The molecule has 0 bridgehead atoms. The van der Waals surface area contributed by atoms with Crippen molar-refractivity contribution in [3.05, 3.63) is 83.7 Å². The zero-order chi connectivity index (χ0) is 21.3. The van der Waals surface area contributed by atoms with Gasteiger partial charge in [-0.05, 0) is 49.6 Å². The van der Waals surface area contributed by atoms with Crippen molar-refractivity contribution in [3.63, 3.8) is 0 Å². The van der Waals surface area contributed by atoms with E-state index in [1.54, 1.807) is 0 Å². The fraction of sp³-hybridized carbons (Fsp3) is 0.346. The number of hydrogen-bond acceptors (Lipinski definition) is 4. The lowest BCUT2D eigenvalue weighted by Crippen LogP contribution is -2.43. The number of hydrogen-bond donors (Lipinski definition) is 1. The second-order valence-electron chi connectivity index (χ2n) is 8.45. The number of aromatic nitrogens is 1. The summed E-state index contributed by atoms with van der Waals surface area (Å²) in [5.41, 5.74) is 9.95. The number of likely N-dealkylation sites (N-methyl/N-ethyl adjacent to an activating group) is 1. The summed E-state index contributed by atoms with van der Waals surface area (Å²) >= 11 is 0. The molecule has 4 nitrogen and oxygen atoms in total. The third-order valence-electron chi connectivity index (χ3n) is 6.37. The first-order valence-electron chi connectivity index (χ1n) is 10.8. The Morgan fingerprint density at radius 3 is 2.60 bits per heavy atom. The van der Waals surface area contributed by atoms with E-state index in [0.717, 1.165) is 84.9 Å². The van der Waals surface area contributed by atoms with Crippen molar-refractivity contribution in [2.45, 2.75) is 19.8 Å². The van der Waals surface area contributed by atoms with Crippen molar-refractivity contribution in [2.24, 2.45) is 0 Å². The van der Waals surface area contributed by atoms with Crippen LogP contribution in [0.15, 0.2) is 50.2 Å². The highest BCUT2D eigenvalue weighted by Crippen LogP contribution is 2.30. The van der Waals surface area contributed by atoms with Gasteiger partial charge in [-0.3, -0.25) is 4.98 Å². The zero-order valence-corrected chi connectivity index (χ0v) is 18.3. The summed E-state index contributed by atoms with van der Waals surface area (Å²) in [7, 11) is 2.17. The number of nitrogens with zero attached hydrogens (tertiary/aromatic N) is 3. The highest BCUT2D eigenvalue weighted by Gasteiger charge is 2.18. The zero-order valence-electron chi connectivity index (χ0n) is 18.3. The van der Waals surface area contributed by atoms with Crippen LogP contribution in [0.3, 0.4) is 0 Å². The molecule has 3 heterocycles. The third kappa shape index (κ3) is 4.05. The lowest BCUT2D eigenvalue weighted by Gasteiger charge is -2.35. The van der Waals surface area contributed by atoms with Crippen LogP contribution in [0.1, 0.15) is 39.9 Å². The van der Waals surface area contributed by atoms with Crippen LogP contribution in [0.5, 0.6) is 0 Å². The average Bonchev–Trinajstić information content (AvgIpc) is 2.94. The Bertz CT molecular complexity index is 996. The maximum atomic E-state index is 4.69. The molecule has 4 heteroatoms. The maximum Gasteiger partial charge on any atom is 0.0451 e. The molecule has 2 aliphatic heterocycles. The number of fused-ring (bicyclic) bond motifs is 1. The minimum absolute atomic E-state index is 0.975. The predicted octanol–water partition coefficient (Wildman–Crippen LogP) is 4.18. The van der Waals surface area contributed by atoms with Crippen LogP contribution < -0.4 is 5.32 Å². The largest absolute Gasteiger partial charge is 0.385 e. The molecule has 2 aliphatic rings. The Morgan fingerprint density at radius 2 is 1.83 bits per heavy atom. The second-order valence-corrected chi connectivity index (χ2v) is 8.45. The van der Waals surface area contributed by atoms with E-state index in [1.165, 1.54) is 11.1 Å². The summed E-state index contributed by atoms with van der Waals surface area (Å²) in [6.07, 6.45) is 4.11. The number of nitrogens with one attached hydrogen (secondary N) is 1. The van der Waals surface area contributed by atoms with Gasteiger partial charge in [-0.2, -0.15) is 0 Å². The van der Waals surface area contributed by atoms with Crippen molar-refractivity contribution in [3.8, 4) is 0 Å². The normalized spacial score (nSPS) is 17.1. The number of piperazine rings is 1. The lowest BCUT2D eigenvalue weighted by molar-refractivity contribution is 0.207. The second kappa shape index (κ2) is 8.49. The Labute approximate surface area is 180 Å². The fourth-order valence-electron chi connectivity index (χ4n) is 4.31. The van der Waals surface area contributed by atoms with E-state index in [-0.39, 0.29) is 0 Å². The van der Waals surface area contributed by atoms with Crippen molar-refractivity contribution in [1.29, 1.82) is 0 Å². The molecule has 0 atom stereocenters. The molecule has 0 spiro atoms. The molecule has 2 aromatic rings. The van der Waals surface area contributed by atoms with E-state index in [1.807, 2.05) is 6.20 Å². The van der Waals surface area contributed by atoms with E-state index >= 15 is 0 Å². The van der Waals surface area contributed by atoms with Crippen LogP contribution in [0.25, 0.3) is 17.0 Å². The monoisotopic (exact) mass is 400 g/mol. The molecule has 0 amide bonds. The Balaban J connectivity index is 1.62. The number of rotatable bonds is 4. The fourth-order valence-corrected chi connectivity index (χ4v) is 4.31. The van der Waals surface area contributed by atoms with Crippen molar-refractivity contribution in [1.82, 2.24) is 20.1 Å². The number of benzene rings is 1. The van der Waals surface area contributed by atoms with Crippen LogP contribution in [0.2, 0.25) is 0 Å². The van der Waals surface area contributed by atoms with Crippen molar-refractivity contribution >= 4 is 17.0 Å². The molecular weight excluding hydrogens is 368 g/mol. The van der Waals surface area contributed by atoms with Gasteiger partial charge in [0.05, 0.1) is 0 Å². The van der Waals surface area contributed by atoms with E-state index in [2.05, 4.69) is 78.1 Å². The molecule has 1 fully saturated rings. The summed E-state index contributed by atoms with van der Waals surface area (Å²) in [5.74, 6) is 0. The molecule has 4 rings (SSSR count). The summed E-state index contributed by atoms with van der Waals surface area (Å²) in [6.45, 7) is 20.2. The van der Waals surface area contributed by atoms with Gasteiger partial charge >= 0.3 is 0 Å². The first kappa shape index (κ1) is 20.4. The van der Waals surface area contributed by atoms with Crippen LogP contribution in [0.4, 0.5) is 0 Å². The van der Waals surface area contributed by atoms with Gasteiger partial charge in [-0.25, -0.2) is 0 Å². The Kier molecular flexibility index (Phi) is 5.78. The molecule has 1 N–H and O–H groups in total. The molecule has 0 aliphatic carbocycles. The van der Waals surface area contributed by atoms with E-state index in [0.29, 0.717) is 0 Å². The van der Waals surface area contributed by atoms with Gasteiger partial charge in [0.1, 0.15) is 0 Å². The molecule has 0 unspecified atom stereocenters. The molecule has 30 heavy (non-hydrogen) atoms. The lowest BCUT2D eigenvalue weighted by atomic mass is 9.92. The first-order valence-corrected chi connectivity index (χ1v) is 10.8. The summed E-state index contributed by atoms with van der Waals surface area (Å²) in [5, 5.41) is 3.40. The average molecular weight is 401 g/mol. The summed E-state index contributed by atoms with van der Waals surface area (Å²) in [4.78, 5) is 9.40. The minimum Gasteiger partial charge on any atom is -0.385 e. The Hall–Kier alpha value is -2.85. The molecule has 0 radical (unpaired) electrons. The Morgan fingerprint density at radius 1 is 1.07 bits per heavy atom. The van der Waals surface area contributed by atoms with Crippen LogP contribution >= 0.6 is 0 Å². The quantitative estimate of drug-likeness (QED) is 0.834. The summed E-state index contributed by atoms with van der Waals surface area (Å²) < 4.78 is 0. The van der Waals surface area contributed by atoms with Gasteiger partial charge < -0.3 is 15.1 Å². The van der Waals surface area contributed by atoms with Gasteiger partial charge in [0.15, 0.2) is 0 Å². The van der Waals surface area contributed by atoms with Crippen molar-refractivity contribution in [2.75, 3.05) is 39.8 Å². The minimum atomic E-state index is 0.975. The first-order chi connectivity index (χ1) is 14.4. The SMILES string of the molecule is C=C1NCCCc2cc(C(=C)c3cc(C(=C)N4CCN(C)CC4)cnc3C)ccc21. The molecular formula is C26H32N4. The van der Waals surface area contributed by atoms with Gasteiger partial charge in [0.25, 0.3) is 0 Å². The molecule has 0 saturated carbocycles. The van der Waals surface area contributed by atoms with Crippen LogP contribution in [0, 0.1) is 6.92 Å². The maximum absolute atomic E-state index is 4.69.